The van der Waals surface area contributed by atoms with Crippen molar-refractivity contribution in [3.63, 3.8) is 0 Å². The first-order chi connectivity index (χ1) is 8.43. The number of hydrogen-bond donors (Lipinski definition) is 2. The summed E-state index contributed by atoms with van der Waals surface area (Å²) in [7, 11) is 0. The number of aliphatic hydroxyl groups is 1. The second-order valence-corrected chi connectivity index (χ2v) is 4.57. The molecule has 0 fully saturated rings. The molecule has 0 aromatic heterocycles. The minimum absolute atomic E-state index is 0.0969. The maximum Gasteiger partial charge on any atom is 0.292 e. The Balaban J connectivity index is 2.93. The molecule has 1 atom stereocenters. The predicted octanol–water partition coefficient (Wildman–Crippen LogP) is 2.55. The summed E-state index contributed by atoms with van der Waals surface area (Å²) in [4.78, 5) is 10.2. The average molecular weight is 256 g/mol. The van der Waals surface area contributed by atoms with Crippen LogP contribution in [0.15, 0.2) is 18.2 Å². The minimum atomic E-state index is -0.578. The van der Waals surface area contributed by atoms with Crippen molar-refractivity contribution in [3.8, 4) is 0 Å². The van der Waals surface area contributed by atoms with Gasteiger partial charge in [-0.1, -0.05) is 13.8 Å². The molecule has 0 radical (unpaired) electrons. The maximum absolute atomic E-state index is 13.1. The summed E-state index contributed by atoms with van der Waals surface area (Å²) in [6, 6.07) is 2.90. The molecule has 0 amide bonds. The third-order valence-electron chi connectivity index (χ3n) is 2.49. The van der Waals surface area contributed by atoms with E-state index >= 15 is 0 Å². The van der Waals surface area contributed by atoms with Crippen molar-refractivity contribution in [1.82, 2.24) is 0 Å². The third kappa shape index (κ3) is 3.96. The average Bonchev–Trinajstić information content (AvgIpc) is 2.27. The highest BCUT2D eigenvalue weighted by atomic mass is 19.1. The van der Waals surface area contributed by atoms with Crippen molar-refractivity contribution in [2.45, 2.75) is 26.3 Å². The van der Waals surface area contributed by atoms with Gasteiger partial charge < -0.3 is 10.4 Å². The lowest BCUT2D eigenvalue weighted by Gasteiger charge is -2.19. The van der Waals surface area contributed by atoms with Crippen molar-refractivity contribution >= 4 is 11.4 Å². The molecule has 1 aromatic rings. The van der Waals surface area contributed by atoms with E-state index in [4.69, 9.17) is 0 Å². The van der Waals surface area contributed by atoms with E-state index in [1.54, 1.807) is 0 Å². The fourth-order valence-corrected chi connectivity index (χ4v) is 1.75. The summed E-state index contributed by atoms with van der Waals surface area (Å²) in [5, 5.41) is 22.8. The normalized spacial score (nSPS) is 12.5. The molecule has 0 heterocycles. The Bertz CT molecular complexity index is 424. The summed E-state index contributed by atoms with van der Waals surface area (Å²) in [6.07, 6.45) is 0.643. The van der Waals surface area contributed by atoms with Crippen LogP contribution in [0.3, 0.4) is 0 Å². The van der Waals surface area contributed by atoms with E-state index < -0.39 is 10.7 Å². The number of nitro groups is 1. The highest BCUT2D eigenvalue weighted by Crippen LogP contribution is 2.26. The van der Waals surface area contributed by atoms with Crippen molar-refractivity contribution in [2.24, 2.45) is 5.92 Å². The van der Waals surface area contributed by atoms with Gasteiger partial charge in [-0.3, -0.25) is 10.1 Å². The van der Waals surface area contributed by atoms with Crippen LogP contribution in [-0.2, 0) is 0 Å². The summed E-state index contributed by atoms with van der Waals surface area (Å²) < 4.78 is 13.1. The molecular weight excluding hydrogens is 239 g/mol. The number of nitro benzene ring substituents is 1. The molecule has 0 aliphatic carbocycles. The summed E-state index contributed by atoms with van der Waals surface area (Å²) in [5.41, 5.74) is -0.0988. The van der Waals surface area contributed by atoms with E-state index in [0.29, 0.717) is 12.3 Å². The van der Waals surface area contributed by atoms with E-state index in [1.807, 2.05) is 13.8 Å². The number of hydrogen-bond acceptors (Lipinski definition) is 4. The Morgan fingerprint density at radius 3 is 2.67 bits per heavy atom. The highest BCUT2D eigenvalue weighted by Gasteiger charge is 2.18. The number of anilines is 1. The van der Waals surface area contributed by atoms with Crippen LogP contribution >= 0.6 is 0 Å². The molecular formula is C12H17FN2O3. The lowest BCUT2D eigenvalue weighted by Crippen LogP contribution is -2.26. The number of nitrogens with zero attached hydrogens (tertiary/aromatic N) is 1. The van der Waals surface area contributed by atoms with Gasteiger partial charge in [0.1, 0.15) is 11.5 Å². The SMILES string of the molecule is CC(C)CC(CO)Nc1cc(F)ccc1[N+](=O)[O-]. The molecule has 1 rings (SSSR count). The van der Waals surface area contributed by atoms with Gasteiger partial charge >= 0.3 is 0 Å². The molecule has 1 unspecified atom stereocenters. The van der Waals surface area contributed by atoms with Gasteiger partial charge in [-0.2, -0.15) is 0 Å². The van der Waals surface area contributed by atoms with Gasteiger partial charge in [0.15, 0.2) is 0 Å². The molecule has 0 aliphatic rings. The topological polar surface area (TPSA) is 75.4 Å². The number of benzene rings is 1. The van der Waals surface area contributed by atoms with Gasteiger partial charge in [-0.15, -0.1) is 0 Å². The molecule has 100 valence electrons. The number of nitrogens with one attached hydrogen (secondary N) is 1. The van der Waals surface area contributed by atoms with Gasteiger partial charge in [0.25, 0.3) is 5.69 Å². The zero-order chi connectivity index (χ0) is 13.7. The quantitative estimate of drug-likeness (QED) is 0.606. The predicted molar refractivity (Wildman–Crippen MR) is 67.0 cm³/mol. The number of halogens is 1. The lowest BCUT2D eigenvalue weighted by atomic mass is 10.0. The number of aliphatic hydroxyl groups excluding tert-OH is 1. The standard InChI is InChI=1S/C12H17FN2O3/c1-8(2)5-10(7-16)14-11-6-9(13)3-4-12(11)15(17)18/h3-4,6,8,10,14,16H,5,7H2,1-2H3. The zero-order valence-corrected chi connectivity index (χ0v) is 10.4. The van der Waals surface area contributed by atoms with Crippen molar-refractivity contribution in [2.75, 3.05) is 11.9 Å². The monoisotopic (exact) mass is 256 g/mol. The Morgan fingerprint density at radius 1 is 1.50 bits per heavy atom. The Labute approximate surface area is 105 Å². The first-order valence-corrected chi connectivity index (χ1v) is 5.75. The fraction of sp³-hybridized carbons (Fsp3) is 0.500. The van der Waals surface area contributed by atoms with Crippen LogP contribution in [0.4, 0.5) is 15.8 Å². The van der Waals surface area contributed by atoms with Crippen LogP contribution in [0, 0.1) is 21.8 Å². The molecule has 1 aromatic carbocycles. The van der Waals surface area contributed by atoms with Crippen LogP contribution in [0.5, 0.6) is 0 Å². The van der Waals surface area contributed by atoms with Crippen LogP contribution in [0.1, 0.15) is 20.3 Å². The van der Waals surface area contributed by atoms with Crippen LogP contribution in [-0.4, -0.2) is 22.7 Å². The van der Waals surface area contributed by atoms with Gasteiger partial charge in [-0.25, -0.2) is 4.39 Å². The summed E-state index contributed by atoms with van der Waals surface area (Å²) in [5.74, 6) is -0.230. The Hall–Kier alpha value is -1.69. The summed E-state index contributed by atoms with van der Waals surface area (Å²) in [6.45, 7) is 3.79. The zero-order valence-electron chi connectivity index (χ0n) is 10.4. The van der Waals surface area contributed by atoms with Gasteiger partial charge in [0, 0.05) is 18.2 Å². The van der Waals surface area contributed by atoms with E-state index in [-0.39, 0.29) is 24.0 Å². The summed E-state index contributed by atoms with van der Waals surface area (Å²) >= 11 is 0. The lowest BCUT2D eigenvalue weighted by molar-refractivity contribution is -0.384. The molecule has 18 heavy (non-hydrogen) atoms. The smallest absolute Gasteiger partial charge is 0.292 e. The van der Waals surface area contributed by atoms with Gasteiger partial charge in [0.05, 0.1) is 11.5 Å². The molecule has 5 nitrogen and oxygen atoms in total. The third-order valence-corrected chi connectivity index (χ3v) is 2.49. The molecule has 0 saturated carbocycles. The van der Waals surface area contributed by atoms with Crippen molar-refractivity contribution in [1.29, 1.82) is 0 Å². The first-order valence-electron chi connectivity index (χ1n) is 5.75. The maximum atomic E-state index is 13.1. The largest absolute Gasteiger partial charge is 0.394 e. The Kier molecular flexibility index (Phi) is 5.03. The fourth-order valence-electron chi connectivity index (χ4n) is 1.75. The molecule has 0 spiro atoms. The van der Waals surface area contributed by atoms with Crippen LogP contribution in [0.25, 0.3) is 0 Å². The second-order valence-electron chi connectivity index (χ2n) is 4.57. The Morgan fingerprint density at radius 2 is 2.17 bits per heavy atom. The van der Waals surface area contributed by atoms with E-state index in [1.165, 1.54) is 0 Å². The molecule has 0 bridgehead atoms. The minimum Gasteiger partial charge on any atom is -0.394 e. The highest BCUT2D eigenvalue weighted by molar-refractivity contribution is 5.61. The molecule has 6 heteroatoms. The van der Waals surface area contributed by atoms with Crippen LogP contribution < -0.4 is 5.32 Å². The molecule has 0 aliphatic heterocycles. The van der Waals surface area contributed by atoms with Crippen molar-refractivity contribution < 1.29 is 14.4 Å². The van der Waals surface area contributed by atoms with Gasteiger partial charge in [-0.05, 0) is 18.4 Å². The van der Waals surface area contributed by atoms with E-state index in [2.05, 4.69) is 5.32 Å². The van der Waals surface area contributed by atoms with Crippen LogP contribution in [0.2, 0.25) is 0 Å². The van der Waals surface area contributed by atoms with Crippen molar-refractivity contribution in [3.05, 3.63) is 34.1 Å². The van der Waals surface area contributed by atoms with E-state index in [0.717, 1.165) is 18.2 Å². The first kappa shape index (κ1) is 14.4. The number of rotatable bonds is 6. The molecule has 0 saturated heterocycles. The second kappa shape index (κ2) is 6.30. The molecule has 2 N–H and O–H groups in total. The van der Waals surface area contributed by atoms with Gasteiger partial charge in [0.2, 0.25) is 0 Å². The van der Waals surface area contributed by atoms with E-state index in [9.17, 15) is 19.6 Å².